The van der Waals surface area contributed by atoms with Gasteiger partial charge in [-0.2, -0.15) is 0 Å². The Balaban J connectivity index is 1.37. The molecule has 0 saturated heterocycles. The molecule has 8 aromatic rings. The highest BCUT2D eigenvalue weighted by molar-refractivity contribution is 6.98. The summed E-state index contributed by atoms with van der Waals surface area (Å²) < 4.78 is 0. The molecule has 0 bridgehead atoms. The first-order valence-corrected chi connectivity index (χ1v) is 23.5. The van der Waals surface area contributed by atoms with Crippen molar-refractivity contribution in [3.8, 4) is 0 Å². The van der Waals surface area contributed by atoms with Gasteiger partial charge < -0.3 is 14.7 Å². The molecule has 0 amide bonds. The largest absolute Gasteiger partial charge is 0.311 e. The Morgan fingerprint density at radius 3 is 1.03 bits per heavy atom. The van der Waals surface area contributed by atoms with E-state index in [0.29, 0.717) is 17.8 Å². The summed E-state index contributed by atoms with van der Waals surface area (Å²) in [6, 6.07) is 66.3. The van der Waals surface area contributed by atoms with Gasteiger partial charge in [-0.05, 0) is 158 Å². The average Bonchev–Trinajstić information content (AvgIpc) is 3.30. The maximum absolute atomic E-state index is 2.53. The topological polar surface area (TPSA) is 9.72 Å². The van der Waals surface area contributed by atoms with Crippen LogP contribution in [-0.4, -0.2) is 6.71 Å². The molecule has 0 atom stereocenters. The van der Waals surface area contributed by atoms with E-state index >= 15 is 0 Å². The maximum atomic E-state index is 2.53. The number of hydrogen-bond acceptors (Lipinski definition) is 3. The van der Waals surface area contributed by atoms with E-state index in [1.165, 1.54) is 66.7 Å². The molecule has 0 aliphatic carbocycles. The fraction of sp³-hybridized carbons (Fsp3) is 0.213. The van der Waals surface area contributed by atoms with Gasteiger partial charge in [0.25, 0.3) is 0 Å². The number of nitrogens with zero attached hydrogens (tertiary/aromatic N) is 3. The van der Waals surface area contributed by atoms with Gasteiger partial charge >= 0.3 is 0 Å². The zero-order valence-electron chi connectivity index (χ0n) is 39.9. The van der Waals surface area contributed by atoms with Crippen molar-refractivity contribution in [2.24, 2.45) is 0 Å². The molecule has 1 heterocycles. The van der Waals surface area contributed by atoms with E-state index in [4.69, 9.17) is 0 Å². The monoisotopic (exact) mass is 848 g/mol. The van der Waals surface area contributed by atoms with E-state index in [1.807, 2.05) is 0 Å². The zero-order chi connectivity index (χ0) is 45.5. The Morgan fingerprint density at radius 2 is 0.708 bits per heavy atom. The van der Waals surface area contributed by atoms with E-state index < -0.39 is 0 Å². The summed E-state index contributed by atoms with van der Waals surface area (Å²) in [4.78, 5) is 7.36. The molecule has 0 saturated carbocycles. The van der Waals surface area contributed by atoms with Gasteiger partial charge in [0.15, 0.2) is 0 Å². The second-order valence-corrected chi connectivity index (χ2v) is 19.2. The minimum Gasteiger partial charge on any atom is -0.311 e. The first kappa shape index (κ1) is 43.5. The van der Waals surface area contributed by atoms with Crippen molar-refractivity contribution in [3.05, 3.63) is 215 Å². The first-order valence-electron chi connectivity index (χ1n) is 23.5. The molecule has 4 heteroatoms. The summed E-state index contributed by atoms with van der Waals surface area (Å²) in [5, 5.41) is 0. The van der Waals surface area contributed by atoms with Crippen LogP contribution in [0.25, 0.3) is 0 Å². The fourth-order valence-corrected chi connectivity index (χ4v) is 9.70. The van der Waals surface area contributed by atoms with Crippen molar-refractivity contribution in [2.45, 2.75) is 87.0 Å². The lowest BCUT2D eigenvalue weighted by atomic mass is 9.33. The normalized spacial score (nSPS) is 12.2. The highest BCUT2D eigenvalue weighted by Crippen LogP contribution is 2.44. The summed E-state index contributed by atoms with van der Waals surface area (Å²) in [6.07, 6.45) is 0. The Bertz CT molecular complexity index is 2670. The SMILES string of the molecule is Cc1ccc(N(c2ccc(C)cc2)c2ccc3c(c2)N(c2ccccc2)c2cc(N(c4ccc(C)cc4)c4ccc(C)cc4)ccc2B3c2c(C(C)C)cc(C(C)C)cc2C(C)C)cc1. The minimum atomic E-state index is -0.0153. The van der Waals surface area contributed by atoms with Gasteiger partial charge in [0.2, 0.25) is 6.71 Å². The Hall–Kier alpha value is -6.78. The molecule has 324 valence electrons. The number of aryl methyl sites for hydroxylation is 4. The molecular weight excluding hydrogens is 786 g/mol. The van der Waals surface area contributed by atoms with Crippen LogP contribution in [0.3, 0.4) is 0 Å². The van der Waals surface area contributed by atoms with Crippen LogP contribution >= 0.6 is 0 Å². The van der Waals surface area contributed by atoms with Crippen molar-refractivity contribution in [2.75, 3.05) is 14.7 Å². The molecule has 0 fully saturated rings. The van der Waals surface area contributed by atoms with Crippen LogP contribution in [0.15, 0.2) is 176 Å². The van der Waals surface area contributed by atoms with Gasteiger partial charge in [-0.25, -0.2) is 0 Å². The molecule has 3 nitrogen and oxygen atoms in total. The van der Waals surface area contributed by atoms with Crippen molar-refractivity contribution in [3.63, 3.8) is 0 Å². The van der Waals surface area contributed by atoms with Gasteiger partial charge in [0.1, 0.15) is 0 Å². The summed E-state index contributed by atoms with van der Waals surface area (Å²) >= 11 is 0. The molecule has 9 rings (SSSR count). The fourth-order valence-electron chi connectivity index (χ4n) is 9.70. The van der Waals surface area contributed by atoms with Gasteiger partial charge in [-0.15, -0.1) is 0 Å². The summed E-state index contributed by atoms with van der Waals surface area (Å²) in [6.45, 7) is 22.8. The second kappa shape index (κ2) is 18.0. The summed E-state index contributed by atoms with van der Waals surface area (Å²) in [5.74, 6) is 1.08. The standard InChI is InChI=1S/C61H62BN3/c1-40(2)47-36-55(41(3)4)61(56(37-47)42(5)6)62-57-34-32-53(63(49-24-16-43(7)17-25-49)50-26-18-44(8)19-27-50)38-59(57)65(48-14-12-11-13-15-48)60-39-54(33-35-58(60)62)64(51-28-20-45(9)21-29-51)52-30-22-46(10)23-31-52/h11-42H,1-10H3. The number of rotatable bonds is 11. The highest BCUT2D eigenvalue weighted by Gasteiger charge is 2.39. The Labute approximate surface area is 389 Å². The van der Waals surface area contributed by atoms with Crippen LogP contribution < -0.4 is 31.1 Å². The third-order valence-corrected chi connectivity index (χ3v) is 13.3. The number of benzene rings is 8. The van der Waals surface area contributed by atoms with Crippen LogP contribution in [0.4, 0.5) is 51.2 Å². The van der Waals surface area contributed by atoms with Gasteiger partial charge in [0, 0.05) is 51.2 Å². The average molecular weight is 848 g/mol. The molecular formula is C61H62BN3. The van der Waals surface area contributed by atoms with Crippen LogP contribution in [0, 0.1) is 27.7 Å². The third kappa shape index (κ3) is 8.51. The summed E-state index contributed by atoms with van der Waals surface area (Å²) in [5.41, 5.74) is 23.5. The van der Waals surface area contributed by atoms with Crippen LogP contribution in [0.2, 0.25) is 0 Å². The number of para-hydroxylation sites is 1. The van der Waals surface area contributed by atoms with Crippen LogP contribution in [-0.2, 0) is 0 Å². The van der Waals surface area contributed by atoms with Gasteiger partial charge in [-0.1, -0.05) is 160 Å². The molecule has 65 heavy (non-hydrogen) atoms. The third-order valence-electron chi connectivity index (χ3n) is 13.3. The van der Waals surface area contributed by atoms with Crippen molar-refractivity contribution in [1.82, 2.24) is 0 Å². The lowest BCUT2D eigenvalue weighted by Crippen LogP contribution is -2.59. The van der Waals surface area contributed by atoms with Gasteiger partial charge in [-0.3, -0.25) is 0 Å². The van der Waals surface area contributed by atoms with E-state index in [-0.39, 0.29) is 6.71 Å². The zero-order valence-corrected chi connectivity index (χ0v) is 39.9. The number of anilines is 9. The lowest BCUT2D eigenvalue weighted by Gasteiger charge is -2.40. The molecule has 0 N–H and O–H groups in total. The second-order valence-electron chi connectivity index (χ2n) is 19.2. The maximum Gasteiger partial charge on any atom is 0.247 e. The Morgan fingerprint density at radius 1 is 0.369 bits per heavy atom. The highest BCUT2D eigenvalue weighted by atomic mass is 15.2. The van der Waals surface area contributed by atoms with E-state index in [0.717, 1.165) is 39.8 Å². The molecule has 0 spiro atoms. The number of hydrogen-bond donors (Lipinski definition) is 0. The number of fused-ring (bicyclic) bond motifs is 2. The van der Waals surface area contributed by atoms with Crippen molar-refractivity contribution in [1.29, 1.82) is 0 Å². The first-order chi connectivity index (χ1) is 31.4. The van der Waals surface area contributed by atoms with Gasteiger partial charge in [0.05, 0.1) is 0 Å². The van der Waals surface area contributed by atoms with Crippen molar-refractivity contribution >= 4 is 74.3 Å². The van der Waals surface area contributed by atoms with E-state index in [2.05, 4.69) is 260 Å². The van der Waals surface area contributed by atoms with E-state index in [1.54, 1.807) is 0 Å². The molecule has 0 unspecified atom stereocenters. The summed E-state index contributed by atoms with van der Waals surface area (Å²) in [7, 11) is 0. The smallest absolute Gasteiger partial charge is 0.247 e. The lowest BCUT2D eigenvalue weighted by molar-refractivity contribution is 0.812. The van der Waals surface area contributed by atoms with Crippen molar-refractivity contribution < 1.29 is 0 Å². The molecule has 1 aliphatic rings. The Kier molecular flexibility index (Phi) is 12.0. The van der Waals surface area contributed by atoms with E-state index in [9.17, 15) is 0 Å². The minimum absolute atomic E-state index is 0.0153. The molecule has 0 radical (unpaired) electrons. The predicted octanol–water partition coefficient (Wildman–Crippen LogP) is 15.5. The molecule has 1 aliphatic heterocycles. The van der Waals surface area contributed by atoms with Crippen LogP contribution in [0.1, 0.15) is 98.2 Å². The predicted molar refractivity (Wildman–Crippen MR) is 283 cm³/mol. The molecule has 8 aromatic carbocycles. The quantitative estimate of drug-likeness (QED) is 0.120. The van der Waals surface area contributed by atoms with Crippen LogP contribution in [0.5, 0.6) is 0 Å². The molecule has 0 aromatic heterocycles.